The predicted molar refractivity (Wildman–Crippen MR) is 102 cm³/mol. The Morgan fingerprint density at radius 3 is 2.24 bits per heavy atom. The number of aryl methyl sites for hydroxylation is 2. The van der Waals surface area contributed by atoms with Gasteiger partial charge in [-0.2, -0.15) is 0 Å². The van der Waals surface area contributed by atoms with E-state index in [0.29, 0.717) is 0 Å². The topological polar surface area (TPSA) is 75.6 Å². The average Bonchev–Trinajstić information content (AvgIpc) is 2.87. The van der Waals surface area contributed by atoms with Crippen molar-refractivity contribution in [3.63, 3.8) is 0 Å². The van der Waals surface area contributed by atoms with Crippen LogP contribution < -0.4 is 5.73 Å². The van der Waals surface area contributed by atoms with Gasteiger partial charge in [-0.25, -0.2) is 0 Å². The summed E-state index contributed by atoms with van der Waals surface area (Å²) in [6, 6.07) is 0. The molecule has 1 amide bonds. The van der Waals surface area contributed by atoms with E-state index in [-0.39, 0.29) is 30.7 Å². The first-order valence-corrected chi connectivity index (χ1v) is 8.72. The van der Waals surface area contributed by atoms with Gasteiger partial charge in [-0.1, -0.05) is 24.4 Å². The van der Waals surface area contributed by atoms with Crippen LogP contribution in [0.25, 0.3) is 0 Å². The molecule has 25 heavy (non-hydrogen) atoms. The molecule has 1 aliphatic heterocycles. The molecule has 0 bridgehead atoms. The number of carbonyl (C=O) groups is 1. The third-order valence-corrected chi connectivity index (χ3v) is 5.39. The summed E-state index contributed by atoms with van der Waals surface area (Å²) in [5.41, 5.74) is 7.92. The summed E-state index contributed by atoms with van der Waals surface area (Å²) in [6.07, 6.45) is 5.04. The van der Waals surface area contributed by atoms with Crippen molar-refractivity contribution in [2.45, 2.75) is 58.0 Å². The van der Waals surface area contributed by atoms with Gasteiger partial charge in [0.25, 0.3) is 0 Å². The predicted octanol–water partition coefficient (Wildman–Crippen LogP) is 2.44. The van der Waals surface area contributed by atoms with Crippen LogP contribution in [0, 0.1) is 13.8 Å². The Hall–Kier alpha value is -0.820. The normalized spacial score (nSPS) is 20.5. The molecule has 1 aromatic rings. The van der Waals surface area contributed by atoms with Crippen molar-refractivity contribution in [2.75, 3.05) is 26.2 Å². The van der Waals surface area contributed by atoms with Crippen LogP contribution in [0.1, 0.15) is 49.1 Å². The number of nitrogens with zero attached hydrogens (tertiary/aromatic N) is 3. The van der Waals surface area contributed by atoms with E-state index in [1.807, 2.05) is 18.7 Å². The summed E-state index contributed by atoms with van der Waals surface area (Å²) in [6.45, 7) is 8.07. The number of aromatic nitrogens is 1. The summed E-state index contributed by atoms with van der Waals surface area (Å²) in [5, 5.41) is 4.01. The largest absolute Gasteiger partial charge is 0.361 e. The molecule has 0 atom stereocenters. The van der Waals surface area contributed by atoms with Gasteiger partial charge < -0.3 is 15.2 Å². The van der Waals surface area contributed by atoms with Crippen LogP contribution in [0.2, 0.25) is 0 Å². The fourth-order valence-electron chi connectivity index (χ4n) is 3.77. The first kappa shape index (κ1) is 22.2. The molecule has 1 aromatic heterocycles. The molecule has 6 nitrogen and oxygen atoms in total. The Morgan fingerprint density at radius 1 is 1.12 bits per heavy atom. The summed E-state index contributed by atoms with van der Waals surface area (Å²) in [5.74, 6) is 1.05. The van der Waals surface area contributed by atoms with Crippen LogP contribution >= 0.6 is 24.8 Å². The second kappa shape index (κ2) is 9.21. The van der Waals surface area contributed by atoms with Gasteiger partial charge in [-0.3, -0.25) is 9.69 Å². The van der Waals surface area contributed by atoms with Crippen molar-refractivity contribution in [2.24, 2.45) is 5.73 Å². The molecule has 2 aliphatic rings. The molecule has 1 aliphatic carbocycles. The Balaban J connectivity index is 0.00000156. The first-order chi connectivity index (χ1) is 11.0. The minimum atomic E-state index is -0.609. The van der Waals surface area contributed by atoms with Crippen molar-refractivity contribution in [3.05, 3.63) is 17.0 Å². The van der Waals surface area contributed by atoms with E-state index in [4.69, 9.17) is 10.3 Å². The zero-order valence-corrected chi connectivity index (χ0v) is 16.8. The van der Waals surface area contributed by atoms with Crippen molar-refractivity contribution in [1.82, 2.24) is 15.0 Å². The highest BCUT2D eigenvalue weighted by atomic mass is 35.5. The Labute approximate surface area is 162 Å². The van der Waals surface area contributed by atoms with Gasteiger partial charge in [0.2, 0.25) is 5.91 Å². The van der Waals surface area contributed by atoms with E-state index in [1.165, 1.54) is 12.0 Å². The zero-order chi connectivity index (χ0) is 16.4. The quantitative estimate of drug-likeness (QED) is 0.854. The number of hydrogen-bond acceptors (Lipinski definition) is 5. The SMILES string of the molecule is Cc1noc(C)c1CN1CCN(C(=O)C2(N)CCCCC2)CC1.Cl.Cl. The highest BCUT2D eigenvalue weighted by molar-refractivity contribution is 5.86. The van der Waals surface area contributed by atoms with E-state index in [9.17, 15) is 4.79 Å². The molecular weight excluding hydrogens is 363 g/mol. The van der Waals surface area contributed by atoms with Crippen LogP contribution in [0.5, 0.6) is 0 Å². The van der Waals surface area contributed by atoms with Crippen molar-refractivity contribution in [1.29, 1.82) is 0 Å². The van der Waals surface area contributed by atoms with Gasteiger partial charge in [0.05, 0.1) is 11.2 Å². The molecule has 2 heterocycles. The second-order valence-electron chi connectivity index (χ2n) is 7.09. The molecule has 0 spiro atoms. The summed E-state index contributed by atoms with van der Waals surface area (Å²) in [7, 11) is 0. The lowest BCUT2D eigenvalue weighted by Gasteiger charge is -2.41. The first-order valence-electron chi connectivity index (χ1n) is 8.72. The number of piperazine rings is 1. The Morgan fingerprint density at radius 2 is 1.72 bits per heavy atom. The van der Waals surface area contributed by atoms with E-state index in [0.717, 1.165) is 69.9 Å². The van der Waals surface area contributed by atoms with Gasteiger partial charge >= 0.3 is 0 Å². The number of halogens is 2. The third kappa shape index (κ3) is 4.88. The zero-order valence-electron chi connectivity index (χ0n) is 15.1. The molecule has 1 saturated carbocycles. The van der Waals surface area contributed by atoms with Crippen LogP contribution in [0.4, 0.5) is 0 Å². The lowest BCUT2D eigenvalue weighted by molar-refractivity contribution is -0.140. The maximum absolute atomic E-state index is 12.8. The van der Waals surface area contributed by atoms with Crippen molar-refractivity contribution >= 4 is 30.7 Å². The molecule has 0 unspecified atom stereocenters. The molecule has 2 N–H and O–H groups in total. The lowest BCUT2D eigenvalue weighted by atomic mass is 9.81. The summed E-state index contributed by atoms with van der Waals surface area (Å²) in [4.78, 5) is 17.1. The standard InChI is InChI=1S/C17H28N4O2.2ClH/c1-13-15(14(2)23-19-13)12-20-8-10-21(11-9-20)16(22)17(18)6-4-3-5-7-17;;/h3-12,18H2,1-2H3;2*1H. The minimum Gasteiger partial charge on any atom is -0.361 e. The van der Waals surface area contributed by atoms with Crippen LogP contribution in [0.15, 0.2) is 4.52 Å². The molecule has 1 saturated heterocycles. The monoisotopic (exact) mass is 392 g/mol. The average molecular weight is 393 g/mol. The number of hydrogen-bond donors (Lipinski definition) is 1. The van der Waals surface area contributed by atoms with Gasteiger partial charge in [-0.05, 0) is 26.7 Å². The minimum absolute atomic E-state index is 0. The molecule has 0 radical (unpaired) electrons. The molecular formula is C17H30Cl2N4O2. The van der Waals surface area contributed by atoms with Crippen LogP contribution in [-0.4, -0.2) is 52.6 Å². The summed E-state index contributed by atoms with van der Waals surface area (Å²) < 4.78 is 5.23. The molecule has 3 rings (SSSR count). The van der Waals surface area contributed by atoms with E-state index in [2.05, 4.69) is 10.1 Å². The molecule has 144 valence electrons. The van der Waals surface area contributed by atoms with Crippen molar-refractivity contribution in [3.8, 4) is 0 Å². The van der Waals surface area contributed by atoms with E-state index < -0.39 is 5.54 Å². The fourth-order valence-corrected chi connectivity index (χ4v) is 3.77. The number of carbonyl (C=O) groups excluding carboxylic acids is 1. The molecule has 0 aromatic carbocycles. The fraction of sp³-hybridized carbons (Fsp3) is 0.765. The third-order valence-electron chi connectivity index (χ3n) is 5.39. The van der Waals surface area contributed by atoms with E-state index in [1.54, 1.807) is 0 Å². The van der Waals surface area contributed by atoms with E-state index >= 15 is 0 Å². The molecule has 8 heteroatoms. The van der Waals surface area contributed by atoms with Gasteiger partial charge in [0.1, 0.15) is 5.76 Å². The maximum atomic E-state index is 12.8. The highest BCUT2D eigenvalue weighted by Gasteiger charge is 2.39. The van der Waals surface area contributed by atoms with Crippen molar-refractivity contribution < 1.29 is 9.32 Å². The number of amides is 1. The van der Waals surface area contributed by atoms with Gasteiger partial charge in [0, 0.05) is 38.3 Å². The maximum Gasteiger partial charge on any atom is 0.242 e. The summed E-state index contributed by atoms with van der Waals surface area (Å²) >= 11 is 0. The smallest absolute Gasteiger partial charge is 0.242 e. The van der Waals surface area contributed by atoms with Crippen LogP contribution in [-0.2, 0) is 11.3 Å². The highest BCUT2D eigenvalue weighted by Crippen LogP contribution is 2.28. The molecule has 2 fully saturated rings. The number of rotatable bonds is 3. The van der Waals surface area contributed by atoms with Gasteiger partial charge in [-0.15, -0.1) is 24.8 Å². The Bertz CT molecular complexity index is 545. The lowest BCUT2D eigenvalue weighted by Crippen LogP contribution is -2.60. The van der Waals surface area contributed by atoms with Crippen LogP contribution in [0.3, 0.4) is 0 Å². The van der Waals surface area contributed by atoms with Gasteiger partial charge in [0.15, 0.2) is 0 Å². The second-order valence-corrected chi connectivity index (χ2v) is 7.09. The Kier molecular flexibility index (Phi) is 8.19. The number of nitrogens with two attached hydrogens (primary N) is 1.